The molecule has 1 fully saturated rings. The lowest BCUT2D eigenvalue weighted by Crippen LogP contribution is -2.33. The van der Waals surface area contributed by atoms with Crippen LogP contribution >= 0.6 is 0 Å². The van der Waals surface area contributed by atoms with Gasteiger partial charge in [-0.05, 0) is 36.5 Å². The van der Waals surface area contributed by atoms with Gasteiger partial charge >= 0.3 is 0 Å². The smallest absolute Gasteiger partial charge is 0.128 e. The Bertz CT molecular complexity index is 425. The number of rotatable bonds is 2. The van der Waals surface area contributed by atoms with E-state index in [-0.39, 0.29) is 0 Å². The Labute approximate surface area is 108 Å². The van der Waals surface area contributed by atoms with Crippen molar-refractivity contribution in [3.8, 4) is 0 Å². The summed E-state index contributed by atoms with van der Waals surface area (Å²) in [5.74, 6) is 1.83. The van der Waals surface area contributed by atoms with Crippen LogP contribution in [-0.4, -0.2) is 18.1 Å². The number of hydrogen-bond donors (Lipinski definition) is 0. The highest BCUT2D eigenvalue weighted by Crippen LogP contribution is 2.29. The number of piperidine rings is 1. The van der Waals surface area contributed by atoms with Crippen LogP contribution in [0.4, 0.5) is 5.82 Å². The van der Waals surface area contributed by atoms with Gasteiger partial charge in [-0.15, -0.1) is 0 Å². The molecule has 0 atom stereocenters. The van der Waals surface area contributed by atoms with E-state index in [1.807, 2.05) is 12.3 Å². The first-order valence-corrected chi connectivity index (χ1v) is 6.64. The van der Waals surface area contributed by atoms with Gasteiger partial charge in [-0.25, -0.2) is 4.98 Å². The Kier molecular flexibility index (Phi) is 3.26. The second-order valence-electron chi connectivity index (χ2n) is 4.86. The molecule has 0 saturated carbocycles. The molecule has 18 heavy (non-hydrogen) atoms. The minimum atomic E-state index is 0.714. The summed E-state index contributed by atoms with van der Waals surface area (Å²) < 4.78 is 0. The number of aromatic nitrogens is 1. The lowest BCUT2D eigenvalue weighted by Gasteiger charge is -2.33. The molecule has 0 spiro atoms. The van der Waals surface area contributed by atoms with Crippen LogP contribution < -0.4 is 4.90 Å². The van der Waals surface area contributed by atoms with E-state index in [2.05, 4.69) is 52.3 Å². The number of pyridine rings is 1. The van der Waals surface area contributed by atoms with Gasteiger partial charge in [-0.2, -0.15) is 0 Å². The van der Waals surface area contributed by atoms with Crippen molar-refractivity contribution in [2.45, 2.75) is 18.8 Å². The first-order valence-electron chi connectivity index (χ1n) is 6.64. The average molecular weight is 238 g/mol. The molecule has 0 unspecified atom stereocenters. The molecule has 1 aromatic carbocycles. The van der Waals surface area contributed by atoms with Crippen LogP contribution in [0, 0.1) is 0 Å². The molecule has 1 aromatic heterocycles. The van der Waals surface area contributed by atoms with Gasteiger partial charge in [0.25, 0.3) is 0 Å². The van der Waals surface area contributed by atoms with Gasteiger partial charge in [0.1, 0.15) is 5.82 Å². The van der Waals surface area contributed by atoms with Gasteiger partial charge in [0.05, 0.1) is 0 Å². The topological polar surface area (TPSA) is 16.1 Å². The van der Waals surface area contributed by atoms with Crippen LogP contribution in [0.25, 0.3) is 0 Å². The molecule has 3 rings (SSSR count). The van der Waals surface area contributed by atoms with Crippen LogP contribution in [0.1, 0.15) is 24.3 Å². The summed E-state index contributed by atoms with van der Waals surface area (Å²) in [5.41, 5.74) is 1.48. The highest BCUT2D eigenvalue weighted by Gasteiger charge is 2.20. The molecule has 2 heteroatoms. The van der Waals surface area contributed by atoms with Crippen LogP contribution in [0.15, 0.2) is 54.7 Å². The van der Waals surface area contributed by atoms with Gasteiger partial charge in [0.2, 0.25) is 0 Å². The van der Waals surface area contributed by atoms with E-state index in [9.17, 15) is 0 Å². The molecule has 0 N–H and O–H groups in total. The van der Waals surface area contributed by atoms with E-state index in [0.717, 1.165) is 18.9 Å². The first-order chi connectivity index (χ1) is 8.93. The Morgan fingerprint density at radius 3 is 2.28 bits per heavy atom. The van der Waals surface area contributed by atoms with E-state index in [4.69, 9.17) is 0 Å². The van der Waals surface area contributed by atoms with Crippen molar-refractivity contribution in [3.63, 3.8) is 0 Å². The summed E-state index contributed by atoms with van der Waals surface area (Å²) in [5, 5.41) is 0. The van der Waals surface area contributed by atoms with Crippen LogP contribution in [0.2, 0.25) is 0 Å². The number of anilines is 1. The van der Waals surface area contributed by atoms with E-state index < -0.39 is 0 Å². The molecule has 1 aliphatic rings. The molecule has 2 heterocycles. The summed E-state index contributed by atoms with van der Waals surface area (Å²) >= 11 is 0. The van der Waals surface area contributed by atoms with Gasteiger partial charge in [0.15, 0.2) is 0 Å². The zero-order valence-corrected chi connectivity index (χ0v) is 10.5. The van der Waals surface area contributed by atoms with E-state index >= 15 is 0 Å². The van der Waals surface area contributed by atoms with Crippen LogP contribution in [0.3, 0.4) is 0 Å². The van der Waals surface area contributed by atoms with Crippen molar-refractivity contribution in [2.24, 2.45) is 0 Å². The number of benzene rings is 1. The normalized spacial score (nSPS) is 16.8. The molecule has 92 valence electrons. The Balaban J connectivity index is 1.65. The van der Waals surface area contributed by atoms with Crippen molar-refractivity contribution in [1.82, 2.24) is 4.98 Å². The SMILES string of the molecule is c1ccc(C2CCN(c3ccccn3)CC2)cc1. The maximum Gasteiger partial charge on any atom is 0.128 e. The third-order valence-electron chi connectivity index (χ3n) is 3.74. The lowest BCUT2D eigenvalue weighted by molar-refractivity contribution is 0.503. The quantitative estimate of drug-likeness (QED) is 0.796. The molecule has 0 amide bonds. The zero-order chi connectivity index (χ0) is 12.2. The van der Waals surface area contributed by atoms with Crippen molar-refractivity contribution in [3.05, 3.63) is 60.3 Å². The molecule has 2 nitrogen and oxygen atoms in total. The second-order valence-corrected chi connectivity index (χ2v) is 4.86. The predicted octanol–water partition coefficient (Wildman–Crippen LogP) is 3.47. The minimum absolute atomic E-state index is 0.714. The highest BCUT2D eigenvalue weighted by molar-refractivity contribution is 5.38. The lowest BCUT2D eigenvalue weighted by atomic mass is 9.89. The second kappa shape index (κ2) is 5.21. The van der Waals surface area contributed by atoms with E-state index in [0.29, 0.717) is 5.92 Å². The first kappa shape index (κ1) is 11.3. The summed E-state index contributed by atoms with van der Waals surface area (Å²) in [4.78, 5) is 6.81. The third-order valence-corrected chi connectivity index (χ3v) is 3.74. The summed E-state index contributed by atoms with van der Waals surface area (Å²) in [6, 6.07) is 17.0. The zero-order valence-electron chi connectivity index (χ0n) is 10.5. The standard InChI is InChI=1S/C16H18N2/c1-2-6-14(7-3-1)15-9-12-18(13-10-15)16-8-4-5-11-17-16/h1-8,11,15H,9-10,12-13H2. The molecule has 1 saturated heterocycles. The fourth-order valence-corrected chi connectivity index (χ4v) is 2.71. The van der Waals surface area contributed by atoms with Gasteiger partial charge in [-0.3, -0.25) is 0 Å². The minimum Gasteiger partial charge on any atom is -0.357 e. The van der Waals surface area contributed by atoms with E-state index in [1.54, 1.807) is 0 Å². The average Bonchev–Trinajstić information content (AvgIpc) is 2.49. The predicted molar refractivity (Wildman–Crippen MR) is 74.9 cm³/mol. The maximum absolute atomic E-state index is 4.43. The van der Waals surface area contributed by atoms with Gasteiger partial charge in [0, 0.05) is 19.3 Å². The van der Waals surface area contributed by atoms with Gasteiger partial charge < -0.3 is 4.90 Å². The Hall–Kier alpha value is -1.83. The van der Waals surface area contributed by atoms with Gasteiger partial charge in [-0.1, -0.05) is 36.4 Å². The monoisotopic (exact) mass is 238 g/mol. The summed E-state index contributed by atoms with van der Waals surface area (Å²) in [6.07, 6.45) is 4.32. The largest absolute Gasteiger partial charge is 0.357 e. The third kappa shape index (κ3) is 2.37. The van der Waals surface area contributed by atoms with Crippen molar-refractivity contribution in [1.29, 1.82) is 0 Å². The Morgan fingerprint density at radius 2 is 1.61 bits per heavy atom. The maximum atomic E-state index is 4.43. The molecular formula is C16H18N2. The molecule has 2 aromatic rings. The number of hydrogen-bond acceptors (Lipinski definition) is 2. The highest BCUT2D eigenvalue weighted by atomic mass is 15.2. The van der Waals surface area contributed by atoms with Crippen molar-refractivity contribution in [2.75, 3.05) is 18.0 Å². The van der Waals surface area contributed by atoms with Crippen LogP contribution in [0.5, 0.6) is 0 Å². The number of nitrogens with zero attached hydrogens (tertiary/aromatic N) is 2. The van der Waals surface area contributed by atoms with Crippen molar-refractivity contribution >= 4 is 5.82 Å². The molecule has 0 radical (unpaired) electrons. The molecule has 0 bridgehead atoms. The summed E-state index contributed by atoms with van der Waals surface area (Å²) in [6.45, 7) is 2.22. The fraction of sp³-hybridized carbons (Fsp3) is 0.312. The summed E-state index contributed by atoms with van der Waals surface area (Å²) in [7, 11) is 0. The Morgan fingerprint density at radius 1 is 0.889 bits per heavy atom. The molecule has 0 aliphatic carbocycles. The fourth-order valence-electron chi connectivity index (χ4n) is 2.71. The van der Waals surface area contributed by atoms with Crippen molar-refractivity contribution < 1.29 is 0 Å². The van der Waals surface area contributed by atoms with Crippen LogP contribution in [-0.2, 0) is 0 Å². The molecular weight excluding hydrogens is 220 g/mol. The molecule has 1 aliphatic heterocycles. The van der Waals surface area contributed by atoms with E-state index in [1.165, 1.54) is 18.4 Å².